The van der Waals surface area contributed by atoms with Crippen molar-refractivity contribution in [2.75, 3.05) is 0 Å². The van der Waals surface area contributed by atoms with Gasteiger partial charge in [0.15, 0.2) is 0 Å². The van der Waals surface area contributed by atoms with Crippen LogP contribution in [-0.4, -0.2) is 22.5 Å². The summed E-state index contributed by atoms with van der Waals surface area (Å²) in [4.78, 5) is 22.9. The van der Waals surface area contributed by atoms with Crippen molar-refractivity contribution >= 4 is 50.4 Å². The predicted octanol–water partition coefficient (Wildman–Crippen LogP) is 2.65. The summed E-state index contributed by atoms with van der Waals surface area (Å²) >= 11 is 5.31. The Morgan fingerprint density at radius 1 is 1.41 bits per heavy atom. The Labute approximate surface area is 121 Å². The van der Waals surface area contributed by atoms with E-state index in [1.54, 1.807) is 12.1 Å². The van der Waals surface area contributed by atoms with Crippen LogP contribution in [0.4, 0.5) is 0 Å². The Morgan fingerprint density at radius 3 is 2.53 bits per heavy atom. The van der Waals surface area contributed by atoms with Crippen molar-refractivity contribution in [1.82, 2.24) is 5.32 Å². The van der Waals surface area contributed by atoms with Gasteiger partial charge in [-0.2, -0.15) is 0 Å². The van der Waals surface area contributed by atoms with Gasteiger partial charge in [-0.1, -0.05) is 15.9 Å². The molecule has 2 N–H and O–H groups in total. The molecule has 0 saturated heterocycles. The molecule has 0 atom stereocenters. The molecule has 4 nitrogen and oxygen atoms in total. The summed E-state index contributed by atoms with van der Waals surface area (Å²) in [6.07, 6.45) is 0. The van der Waals surface area contributed by atoms with Crippen molar-refractivity contribution in [2.24, 2.45) is 0 Å². The molecule has 1 aromatic carbocycles. The minimum Gasteiger partial charge on any atom is -0.480 e. The lowest BCUT2D eigenvalue weighted by Crippen LogP contribution is -2.49. The van der Waals surface area contributed by atoms with Crippen LogP contribution in [0, 0.1) is 3.57 Å². The fraction of sp³-hybridized carbons (Fsp3) is 0.273. The van der Waals surface area contributed by atoms with Gasteiger partial charge in [0.1, 0.15) is 5.54 Å². The van der Waals surface area contributed by atoms with Crippen molar-refractivity contribution in [3.05, 3.63) is 31.8 Å². The van der Waals surface area contributed by atoms with Gasteiger partial charge in [-0.05, 0) is 54.6 Å². The highest BCUT2D eigenvalue weighted by Crippen LogP contribution is 2.19. The minimum atomic E-state index is -1.29. The molecule has 0 aliphatic rings. The van der Waals surface area contributed by atoms with E-state index >= 15 is 0 Å². The number of aliphatic carboxylic acids is 1. The molecule has 1 rings (SSSR count). The van der Waals surface area contributed by atoms with Crippen molar-refractivity contribution in [3.8, 4) is 0 Å². The van der Waals surface area contributed by atoms with E-state index in [2.05, 4.69) is 21.2 Å². The van der Waals surface area contributed by atoms with Gasteiger partial charge in [0.2, 0.25) is 0 Å². The molecule has 0 aliphatic carbocycles. The molecular weight excluding hydrogens is 401 g/mol. The van der Waals surface area contributed by atoms with Gasteiger partial charge in [-0.25, -0.2) is 4.79 Å². The van der Waals surface area contributed by atoms with Gasteiger partial charge in [0, 0.05) is 8.04 Å². The second-order valence-corrected chi connectivity index (χ2v) is 6.09. The molecule has 0 spiro atoms. The monoisotopic (exact) mass is 411 g/mol. The summed E-state index contributed by atoms with van der Waals surface area (Å²) in [7, 11) is 0. The fourth-order valence-electron chi connectivity index (χ4n) is 1.08. The minimum absolute atomic E-state index is 0.400. The zero-order valence-corrected chi connectivity index (χ0v) is 13.0. The molecule has 0 bridgehead atoms. The maximum absolute atomic E-state index is 11.9. The fourth-order valence-corrected chi connectivity index (χ4v) is 2.02. The maximum atomic E-state index is 11.9. The highest BCUT2D eigenvalue weighted by atomic mass is 127. The van der Waals surface area contributed by atoms with Gasteiger partial charge in [0.05, 0.1) is 5.56 Å². The first kappa shape index (κ1) is 14.4. The lowest BCUT2D eigenvalue weighted by atomic mass is 10.1. The van der Waals surface area contributed by atoms with E-state index < -0.39 is 17.4 Å². The van der Waals surface area contributed by atoms with Crippen molar-refractivity contribution in [1.29, 1.82) is 0 Å². The van der Waals surface area contributed by atoms with Crippen LogP contribution in [0.3, 0.4) is 0 Å². The number of carbonyl (C=O) groups excluding carboxylic acids is 1. The zero-order valence-electron chi connectivity index (χ0n) is 9.25. The number of carbonyl (C=O) groups is 2. The topological polar surface area (TPSA) is 66.4 Å². The largest absolute Gasteiger partial charge is 0.480 e. The van der Waals surface area contributed by atoms with Crippen molar-refractivity contribution < 1.29 is 14.7 Å². The smallest absolute Gasteiger partial charge is 0.328 e. The van der Waals surface area contributed by atoms with Gasteiger partial charge < -0.3 is 10.4 Å². The first-order chi connectivity index (χ1) is 7.74. The van der Waals surface area contributed by atoms with Crippen LogP contribution in [-0.2, 0) is 4.79 Å². The predicted molar refractivity (Wildman–Crippen MR) is 76.0 cm³/mol. The van der Waals surface area contributed by atoms with Crippen molar-refractivity contribution in [2.45, 2.75) is 19.4 Å². The van der Waals surface area contributed by atoms with Gasteiger partial charge in [-0.15, -0.1) is 0 Å². The van der Waals surface area contributed by atoms with E-state index in [4.69, 9.17) is 5.11 Å². The lowest BCUT2D eigenvalue weighted by Gasteiger charge is -2.21. The van der Waals surface area contributed by atoms with E-state index in [-0.39, 0.29) is 0 Å². The summed E-state index contributed by atoms with van der Waals surface area (Å²) in [6.45, 7) is 2.89. The molecule has 6 heteroatoms. The lowest BCUT2D eigenvalue weighted by molar-refractivity contribution is -0.143. The first-order valence-electron chi connectivity index (χ1n) is 4.75. The molecule has 1 amide bonds. The van der Waals surface area contributed by atoms with E-state index in [1.807, 2.05) is 28.7 Å². The Hall–Kier alpha value is -0.630. The second kappa shape index (κ2) is 5.34. The van der Waals surface area contributed by atoms with Gasteiger partial charge in [0.25, 0.3) is 5.91 Å². The third kappa shape index (κ3) is 3.67. The molecule has 0 heterocycles. The average Bonchev–Trinajstić information content (AvgIpc) is 2.20. The van der Waals surface area contributed by atoms with E-state index in [1.165, 1.54) is 13.8 Å². The summed E-state index contributed by atoms with van der Waals surface area (Å²) in [5, 5.41) is 11.4. The molecule has 0 unspecified atom stereocenters. The van der Waals surface area contributed by atoms with Crippen LogP contribution in [0.15, 0.2) is 22.7 Å². The molecule has 0 aliphatic heterocycles. The third-order valence-corrected chi connectivity index (χ3v) is 3.57. The molecular formula is C11H11BrINO3. The van der Waals surface area contributed by atoms with Crippen LogP contribution in [0.25, 0.3) is 0 Å². The van der Waals surface area contributed by atoms with E-state index in [9.17, 15) is 9.59 Å². The number of hydrogen-bond donors (Lipinski definition) is 2. The number of halogens is 2. The Morgan fingerprint density at radius 2 is 2.00 bits per heavy atom. The van der Waals surface area contributed by atoms with Crippen LogP contribution in [0.1, 0.15) is 24.2 Å². The number of nitrogens with one attached hydrogen (secondary N) is 1. The third-order valence-electron chi connectivity index (χ3n) is 2.13. The van der Waals surface area contributed by atoms with Crippen LogP contribution in [0.5, 0.6) is 0 Å². The van der Waals surface area contributed by atoms with Gasteiger partial charge in [-0.3, -0.25) is 4.79 Å². The van der Waals surface area contributed by atoms with E-state index in [0.717, 1.165) is 8.04 Å². The molecule has 0 aromatic heterocycles. The summed E-state index contributed by atoms with van der Waals surface area (Å²) in [6, 6.07) is 5.27. The standard InChI is InChI=1S/C11H11BrINO3/c1-11(2,10(16)17)14-9(15)7-5-6(12)3-4-8(7)13/h3-5H,1-2H3,(H,14,15)(H,16,17). The number of carboxylic acid groups (broad SMARTS) is 1. The number of carboxylic acids is 1. The number of amides is 1. The van der Waals surface area contributed by atoms with Crippen molar-refractivity contribution in [3.63, 3.8) is 0 Å². The maximum Gasteiger partial charge on any atom is 0.328 e. The molecule has 0 fully saturated rings. The van der Waals surface area contributed by atoms with E-state index in [0.29, 0.717) is 5.56 Å². The number of benzene rings is 1. The average molecular weight is 412 g/mol. The van der Waals surface area contributed by atoms with Crippen LogP contribution < -0.4 is 5.32 Å². The first-order valence-corrected chi connectivity index (χ1v) is 6.62. The van der Waals surface area contributed by atoms with Gasteiger partial charge >= 0.3 is 5.97 Å². The second-order valence-electron chi connectivity index (χ2n) is 4.01. The summed E-state index contributed by atoms with van der Waals surface area (Å²) in [5.74, 6) is -1.47. The Balaban J connectivity index is 2.98. The molecule has 17 heavy (non-hydrogen) atoms. The normalized spacial score (nSPS) is 11.1. The highest BCUT2D eigenvalue weighted by molar-refractivity contribution is 14.1. The summed E-state index contributed by atoms with van der Waals surface area (Å²) in [5.41, 5.74) is -0.836. The molecule has 0 radical (unpaired) electrons. The summed E-state index contributed by atoms with van der Waals surface area (Å²) < 4.78 is 1.54. The molecule has 1 aromatic rings. The number of hydrogen-bond acceptors (Lipinski definition) is 2. The Bertz CT molecular complexity index is 474. The van der Waals surface area contributed by atoms with Crippen LogP contribution >= 0.6 is 38.5 Å². The number of rotatable bonds is 3. The quantitative estimate of drug-likeness (QED) is 0.751. The SMILES string of the molecule is CC(C)(NC(=O)c1cc(Br)ccc1I)C(=O)O. The molecule has 0 saturated carbocycles. The Kier molecular flexibility index (Phi) is 4.54. The van der Waals surface area contributed by atoms with Crippen LogP contribution in [0.2, 0.25) is 0 Å². The highest BCUT2D eigenvalue weighted by Gasteiger charge is 2.29. The molecule has 92 valence electrons. The zero-order chi connectivity index (χ0) is 13.2.